The van der Waals surface area contributed by atoms with Gasteiger partial charge in [0.05, 0.1) is 25.4 Å². The molecule has 1 amide bonds. The van der Waals surface area contributed by atoms with Gasteiger partial charge in [-0.2, -0.15) is 0 Å². The van der Waals surface area contributed by atoms with Gasteiger partial charge in [0, 0.05) is 19.8 Å². The van der Waals surface area contributed by atoms with Crippen molar-refractivity contribution in [3.05, 3.63) is 48.6 Å². The van der Waals surface area contributed by atoms with Gasteiger partial charge in [0.1, 0.15) is 18.3 Å². The molecule has 1 aliphatic heterocycles. The zero-order valence-electron chi connectivity index (χ0n) is 16.8. The number of amides is 1. The first-order chi connectivity index (χ1) is 14.2. The predicted octanol–water partition coefficient (Wildman–Crippen LogP) is -0.0210. The highest BCUT2D eigenvalue weighted by molar-refractivity contribution is 5.78. The van der Waals surface area contributed by atoms with Crippen molar-refractivity contribution in [3.8, 4) is 0 Å². The van der Waals surface area contributed by atoms with Gasteiger partial charge in [-0.05, 0) is 5.56 Å². The number of hydrogen-bond donors (Lipinski definition) is 5. The van der Waals surface area contributed by atoms with Gasteiger partial charge in [0.2, 0.25) is 5.91 Å². The smallest absolute Gasteiger partial charge is 0.336 e. The van der Waals surface area contributed by atoms with E-state index in [-0.39, 0.29) is 26.1 Å². The quantitative estimate of drug-likeness (QED) is 0.330. The highest BCUT2D eigenvalue weighted by Gasteiger charge is 2.53. The number of carbonyl (C=O) groups excluding carboxylic acids is 1. The second-order valence-electron chi connectivity index (χ2n) is 7.43. The number of aliphatic hydroxyl groups excluding tert-OH is 3. The molecule has 1 fully saturated rings. The van der Waals surface area contributed by atoms with E-state index in [2.05, 4.69) is 11.9 Å². The number of nitrogens with one attached hydrogen (secondary N) is 1. The number of carbonyl (C=O) groups is 2. The molecule has 1 saturated heterocycles. The van der Waals surface area contributed by atoms with Crippen LogP contribution in [0.2, 0.25) is 0 Å². The maximum Gasteiger partial charge on any atom is 0.336 e. The minimum atomic E-state index is -1.84. The topological polar surface area (TPSA) is 146 Å². The molecule has 2 rings (SSSR count). The molecule has 0 saturated carbocycles. The molecule has 0 radical (unpaired) electrons. The maximum absolute atomic E-state index is 11.9. The molecule has 166 valence electrons. The fourth-order valence-electron chi connectivity index (χ4n) is 3.54. The van der Waals surface area contributed by atoms with Crippen LogP contribution in [0, 0.1) is 0 Å². The van der Waals surface area contributed by atoms with Crippen LogP contribution in [0.5, 0.6) is 0 Å². The van der Waals surface area contributed by atoms with Crippen molar-refractivity contribution >= 4 is 11.9 Å². The summed E-state index contributed by atoms with van der Waals surface area (Å²) in [5.74, 6) is -1.84. The van der Waals surface area contributed by atoms with Crippen molar-refractivity contribution in [2.45, 2.75) is 62.4 Å². The normalized spacial score (nSPS) is 28.3. The Labute approximate surface area is 174 Å². The molecule has 1 heterocycles. The third-order valence-electron chi connectivity index (χ3n) is 5.03. The Morgan fingerprint density at radius 2 is 2.03 bits per heavy atom. The van der Waals surface area contributed by atoms with Gasteiger partial charge in [-0.25, -0.2) is 4.79 Å². The third-order valence-corrected chi connectivity index (χ3v) is 5.03. The summed E-state index contributed by atoms with van der Waals surface area (Å²) in [5, 5.41) is 43.8. The molecule has 6 atom stereocenters. The van der Waals surface area contributed by atoms with Crippen LogP contribution in [-0.2, 0) is 25.7 Å². The summed E-state index contributed by atoms with van der Waals surface area (Å²) in [4.78, 5) is 23.4. The molecule has 0 spiro atoms. The molecule has 9 nitrogen and oxygen atoms in total. The Bertz CT molecular complexity index is 727. The first kappa shape index (κ1) is 24.0. The van der Waals surface area contributed by atoms with E-state index in [1.54, 1.807) is 0 Å². The Kier molecular flexibility index (Phi) is 8.51. The lowest BCUT2D eigenvalue weighted by molar-refractivity contribution is -0.229. The third kappa shape index (κ3) is 5.87. The van der Waals surface area contributed by atoms with Crippen molar-refractivity contribution in [3.63, 3.8) is 0 Å². The van der Waals surface area contributed by atoms with Gasteiger partial charge in [-0.1, -0.05) is 36.4 Å². The van der Waals surface area contributed by atoms with Gasteiger partial charge in [0.25, 0.3) is 0 Å². The van der Waals surface area contributed by atoms with E-state index in [4.69, 9.17) is 9.47 Å². The molecule has 30 heavy (non-hydrogen) atoms. The SMILES string of the molecule is C=CC[C@]1(C(=O)O)C[C@H](O)[C@@H](NC(C)=O)[C@H]([C@H](O)[C@H](O)COCc2ccccc2)O1. The molecular formula is C21H29NO8. The molecule has 0 bridgehead atoms. The molecule has 0 unspecified atom stereocenters. The lowest BCUT2D eigenvalue weighted by Gasteiger charge is -2.47. The summed E-state index contributed by atoms with van der Waals surface area (Å²) >= 11 is 0. The Balaban J connectivity index is 2.14. The monoisotopic (exact) mass is 423 g/mol. The van der Waals surface area contributed by atoms with Crippen LogP contribution in [-0.4, -0.2) is 75.0 Å². The second-order valence-corrected chi connectivity index (χ2v) is 7.43. The number of aliphatic carboxylic acids is 1. The Hall–Kier alpha value is -2.30. The second kappa shape index (κ2) is 10.6. The molecule has 5 N–H and O–H groups in total. The van der Waals surface area contributed by atoms with Crippen LogP contribution < -0.4 is 5.32 Å². The van der Waals surface area contributed by atoms with E-state index >= 15 is 0 Å². The van der Waals surface area contributed by atoms with E-state index in [1.165, 1.54) is 13.0 Å². The highest BCUT2D eigenvalue weighted by atomic mass is 16.6. The zero-order valence-corrected chi connectivity index (χ0v) is 16.8. The summed E-state index contributed by atoms with van der Waals surface area (Å²) in [6.45, 7) is 4.68. The number of hydrogen-bond acceptors (Lipinski definition) is 7. The van der Waals surface area contributed by atoms with Gasteiger partial charge in [0.15, 0.2) is 5.60 Å². The molecule has 0 aromatic heterocycles. The number of rotatable bonds is 10. The van der Waals surface area contributed by atoms with Crippen molar-refractivity contribution in [2.24, 2.45) is 0 Å². The number of aliphatic hydroxyl groups is 3. The van der Waals surface area contributed by atoms with Gasteiger partial charge >= 0.3 is 5.97 Å². The lowest BCUT2D eigenvalue weighted by Crippen LogP contribution is -2.67. The van der Waals surface area contributed by atoms with Crippen molar-refractivity contribution in [2.75, 3.05) is 6.61 Å². The van der Waals surface area contributed by atoms with Gasteiger partial charge in [-0.15, -0.1) is 6.58 Å². The summed E-state index contributed by atoms with van der Waals surface area (Å²) in [6, 6.07) is 8.10. The summed E-state index contributed by atoms with van der Waals surface area (Å²) in [6.07, 6.45) is -4.90. The standard InChI is InChI=1S/C21H29NO8/c1-3-9-21(20(27)28)10-15(24)17(22-13(2)23)19(30-21)18(26)16(25)12-29-11-14-7-5-4-6-8-14/h3-8,15-19,24-26H,1,9-12H2,2H3,(H,22,23)(H,27,28)/t15-,16+,17+,18+,19+,21+/m0/s1. The van der Waals surface area contributed by atoms with Crippen molar-refractivity contribution in [1.82, 2.24) is 5.32 Å². The van der Waals surface area contributed by atoms with Crippen LogP contribution in [0.4, 0.5) is 0 Å². The Morgan fingerprint density at radius 1 is 1.37 bits per heavy atom. The lowest BCUT2D eigenvalue weighted by atomic mass is 9.82. The zero-order chi connectivity index (χ0) is 22.3. The molecule has 1 aliphatic rings. The number of benzene rings is 1. The van der Waals surface area contributed by atoms with Crippen LogP contribution in [0.3, 0.4) is 0 Å². The fourth-order valence-corrected chi connectivity index (χ4v) is 3.54. The highest BCUT2D eigenvalue weighted by Crippen LogP contribution is 2.35. The number of carboxylic acids is 1. The Morgan fingerprint density at radius 3 is 2.60 bits per heavy atom. The fraction of sp³-hybridized carbons (Fsp3) is 0.524. The maximum atomic E-state index is 11.9. The van der Waals surface area contributed by atoms with Gasteiger partial charge in [-0.3, -0.25) is 4.79 Å². The van der Waals surface area contributed by atoms with E-state index in [0.717, 1.165) is 5.56 Å². The van der Waals surface area contributed by atoms with Gasteiger partial charge < -0.3 is 35.2 Å². The first-order valence-electron chi connectivity index (χ1n) is 9.65. The van der Waals surface area contributed by atoms with E-state index in [0.29, 0.717) is 0 Å². The van der Waals surface area contributed by atoms with Crippen LogP contribution in [0.15, 0.2) is 43.0 Å². The van der Waals surface area contributed by atoms with Crippen LogP contribution >= 0.6 is 0 Å². The molecule has 9 heteroatoms. The average molecular weight is 423 g/mol. The van der Waals surface area contributed by atoms with E-state index in [9.17, 15) is 30.0 Å². The first-order valence-corrected chi connectivity index (χ1v) is 9.65. The van der Waals surface area contributed by atoms with Crippen molar-refractivity contribution < 1.29 is 39.5 Å². The predicted molar refractivity (Wildman–Crippen MR) is 106 cm³/mol. The van der Waals surface area contributed by atoms with E-state index in [1.807, 2.05) is 30.3 Å². The minimum absolute atomic E-state index is 0.129. The molecule has 0 aliphatic carbocycles. The largest absolute Gasteiger partial charge is 0.479 e. The van der Waals surface area contributed by atoms with Crippen molar-refractivity contribution in [1.29, 1.82) is 0 Å². The van der Waals surface area contributed by atoms with Crippen LogP contribution in [0.1, 0.15) is 25.3 Å². The van der Waals surface area contributed by atoms with E-state index < -0.39 is 47.9 Å². The number of carboxylic acid groups (broad SMARTS) is 1. The van der Waals surface area contributed by atoms with Crippen LogP contribution in [0.25, 0.3) is 0 Å². The number of ether oxygens (including phenoxy) is 2. The minimum Gasteiger partial charge on any atom is -0.479 e. The summed E-state index contributed by atoms with van der Waals surface area (Å²) < 4.78 is 11.1. The molecule has 1 aromatic rings. The summed E-state index contributed by atoms with van der Waals surface area (Å²) in [7, 11) is 0. The average Bonchev–Trinajstić information content (AvgIpc) is 2.69. The molecule has 1 aromatic carbocycles. The molecular weight excluding hydrogens is 394 g/mol. The summed E-state index contributed by atoms with van der Waals surface area (Å²) in [5.41, 5.74) is -0.970.